The molecule has 2 saturated carbocycles. The van der Waals surface area contributed by atoms with Gasteiger partial charge in [-0.05, 0) is 66.3 Å². The average molecular weight is 403 g/mol. The fourth-order valence-electron chi connectivity index (χ4n) is 5.78. The molecule has 3 aromatic rings. The molecule has 0 saturated heterocycles. The first-order valence-corrected chi connectivity index (χ1v) is 11.2. The maximum Gasteiger partial charge on any atom is 0.220 e. The summed E-state index contributed by atoms with van der Waals surface area (Å²) >= 11 is 0. The van der Waals surface area contributed by atoms with Gasteiger partial charge in [0.2, 0.25) is 5.91 Å². The van der Waals surface area contributed by atoms with Crippen molar-refractivity contribution in [2.75, 3.05) is 13.7 Å². The number of amides is 1. The number of rotatable bonds is 7. The van der Waals surface area contributed by atoms with Crippen LogP contribution >= 0.6 is 0 Å². The minimum absolute atomic E-state index is 0.0936. The summed E-state index contributed by atoms with van der Waals surface area (Å²) in [5.74, 6) is 3.40. The van der Waals surface area contributed by atoms with Crippen LogP contribution in [0.2, 0.25) is 0 Å². The largest absolute Gasteiger partial charge is 0.497 e. The second kappa shape index (κ2) is 8.17. The molecule has 5 rings (SSSR count). The lowest BCUT2D eigenvalue weighted by molar-refractivity contribution is -0.122. The number of methoxy groups -OCH3 is 1. The molecular weight excluding hydrogens is 372 g/mol. The molecule has 2 bridgehead atoms. The molecular formula is C26H30N2O2. The van der Waals surface area contributed by atoms with Gasteiger partial charge in [0, 0.05) is 36.0 Å². The Morgan fingerprint density at radius 1 is 1.13 bits per heavy atom. The number of hydrogen-bond acceptors (Lipinski definition) is 2. The lowest BCUT2D eigenvalue weighted by Crippen LogP contribution is -2.31. The third kappa shape index (κ3) is 3.71. The summed E-state index contributed by atoms with van der Waals surface area (Å²) in [7, 11) is 1.68. The fourth-order valence-corrected chi connectivity index (χ4v) is 5.78. The second-order valence-corrected chi connectivity index (χ2v) is 9.06. The van der Waals surface area contributed by atoms with Crippen LogP contribution in [0.1, 0.15) is 49.1 Å². The third-order valence-corrected chi connectivity index (χ3v) is 7.35. The minimum Gasteiger partial charge on any atom is -0.497 e. The Kier molecular flexibility index (Phi) is 5.24. The van der Waals surface area contributed by atoms with Crippen molar-refractivity contribution in [2.45, 2.75) is 38.0 Å². The molecule has 0 spiro atoms. The van der Waals surface area contributed by atoms with E-state index in [9.17, 15) is 4.79 Å². The molecule has 30 heavy (non-hydrogen) atoms. The zero-order valence-electron chi connectivity index (χ0n) is 17.6. The van der Waals surface area contributed by atoms with Crippen molar-refractivity contribution in [3.05, 3.63) is 65.9 Å². The number of fused-ring (bicyclic) bond motifs is 3. The molecule has 4 unspecified atom stereocenters. The molecule has 0 aliphatic heterocycles. The zero-order chi connectivity index (χ0) is 20.5. The van der Waals surface area contributed by atoms with Crippen molar-refractivity contribution in [1.82, 2.24) is 10.3 Å². The van der Waals surface area contributed by atoms with E-state index in [1.807, 2.05) is 18.2 Å². The van der Waals surface area contributed by atoms with E-state index < -0.39 is 0 Å². The molecule has 156 valence electrons. The highest BCUT2D eigenvalue weighted by molar-refractivity contribution is 5.84. The lowest BCUT2D eigenvalue weighted by atomic mass is 9.86. The highest BCUT2D eigenvalue weighted by Gasteiger charge is 2.40. The van der Waals surface area contributed by atoms with Crippen molar-refractivity contribution in [3.63, 3.8) is 0 Å². The molecule has 4 heteroatoms. The number of hydrogen-bond donors (Lipinski definition) is 2. The molecule has 1 heterocycles. The Morgan fingerprint density at radius 2 is 1.97 bits per heavy atom. The van der Waals surface area contributed by atoms with Gasteiger partial charge in [-0.25, -0.2) is 0 Å². The molecule has 4 nitrogen and oxygen atoms in total. The highest BCUT2D eigenvalue weighted by Crippen LogP contribution is 2.49. The van der Waals surface area contributed by atoms with E-state index in [1.54, 1.807) is 7.11 Å². The van der Waals surface area contributed by atoms with E-state index in [0.29, 0.717) is 18.9 Å². The number of aromatic nitrogens is 1. The lowest BCUT2D eigenvalue weighted by Gasteiger charge is -2.22. The van der Waals surface area contributed by atoms with Crippen LogP contribution in [0.3, 0.4) is 0 Å². The minimum atomic E-state index is 0.0936. The zero-order valence-corrected chi connectivity index (χ0v) is 17.6. The van der Waals surface area contributed by atoms with Crippen LogP contribution in [0.5, 0.6) is 5.75 Å². The third-order valence-electron chi connectivity index (χ3n) is 7.35. The Hall–Kier alpha value is -2.75. The standard InChI is InChI=1S/C26H30N2O2/c1-30-21-10-8-18(9-11-21)23(24-16-27-25-5-3-2-4-22(24)25)15-28-26(29)14-20-13-17-6-7-19(20)12-17/h2-5,8-11,16-17,19-20,23,27H,6-7,12-15H2,1H3,(H,28,29). The van der Waals surface area contributed by atoms with Crippen LogP contribution in [0, 0.1) is 17.8 Å². The molecule has 2 fully saturated rings. The van der Waals surface area contributed by atoms with Crippen LogP contribution in [-0.2, 0) is 4.79 Å². The maximum absolute atomic E-state index is 12.8. The quantitative estimate of drug-likeness (QED) is 0.567. The van der Waals surface area contributed by atoms with Crippen molar-refractivity contribution >= 4 is 16.8 Å². The van der Waals surface area contributed by atoms with Gasteiger partial charge in [0.05, 0.1) is 7.11 Å². The van der Waals surface area contributed by atoms with E-state index in [4.69, 9.17) is 4.74 Å². The predicted molar refractivity (Wildman–Crippen MR) is 120 cm³/mol. The van der Waals surface area contributed by atoms with Crippen LogP contribution in [0.15, 0.2) is 54.7 Å². The molecule has 2 N–H and O–H groups in total. The van der Waals surface area contributed by atoms with Crippen molar-refractivity contribution in [2.24, 2.45) is 17.8 Å². The Balaban J connectivity index is 1.35. The topological polar surface area (TPSA) is 54.1 Å². The van der Waals surface area contributed by atoms with E-state index >= 15 is 0 Å². The summed E-state index contributed by atoms with van der Waals surface area (Å²) in [5.41, 5.74) is 3.52. The van der Waals surface area contributed by atoms with Gasteiger partial charge in [-0.15, -0.1) is 0 Å². The fraction of sp³-hybridized carbons (Fsp3) is 0.423. The van der Waals surface area contributed by atoms with Gasteiger partial charge < -0.3 is 15.0 Å². The van der Waals surface area contributed by atoms with E-state index in [0.717, 1.165) is 23.1 Å². The average Bonchev–Trinajstić information content (AvgIpc) is 3.50. The monoisotopic (exact) mass is 402 g/mol. The molecule has 1 aromatic heterocycles. The first-order valence-electron chi connectivity index (χ1n) is 11.2. The van der Waals surface area contributed by atoms with Gasteiger partial charge in [-0.3, -0.25) is 4.79 Å². The summed E-state index contributed by atoms with van der Waals surface area (Å²) in [6.07, 6.45) is 8.07. The normalized spacial score (nSPS) is 23.6. The van der Waals surface area contributed by atoms with Crippen molar-refractivity contribution in [3.8, 4) is 5.75 Å². The number of benzene rings is 2. The smallest absolute Gasteiger partial charge is 0.220 e. The number of aromatic amines is 1. The number of carbonyl (C=O) groups excluding carboxylic acids is 1. The van der Waals surface area contributed by atoms with E-state index in [-0.39, 0.29) is 11.8 Å². The summed E-state index contributed by atoms with van der Waals surface area (Å²) in [6, 6.07) is 16.6. The SMILES string of the molecule is COc1ccc(C(CNC(=O)CC2CC3CCC2C3)c2c[nH]c3ccccc23)cc1. The Labute approximate surface area is 178 Å². The Bertz CT molecular complexity index is 1020. The van der Waals surface area contributed by atoms with Gasteiger partial charge >= 0.3 is 0 Å². The number of para-hydroxylation sites is 1. The van der Waals surface area contributed by atoms with Crippen LogP contribution in [-0.4, -0.2) is 24.5 Å². The summed E-state index contributed by atoms with van der Waals surface area (Å²) in [4.78, 5) is 16.2. The predicted octanol–water partition coefficient (Wildman–Crippen LogP) is 5.25. The van der Waals surface area contributed by atoms with Gasteiger partial charge in [-0.1, -0.05) is 36.8 Å². The number of nitrogens with one attached hydrogen (secondary N) is 2. The van der Waals surface area contributed by atoms with E-state index in [2.05, 4.69) is 46.8 Å². The van der Waals surface area contributed by atoms with Crippen molar-refractivity contribution in [1.29, 1.82) is 0 Å². The Morgan fingerprint density at radius 3 is 2.70 bits per heavy atom. The molecule has 2 aliphatic rings. The van der Waals surface area contributed by atoms with Gasteiger partial charge in [-0.2, -0.15) is 0 Å². The molecule has 2 aliphatic carbocycles. The molecule has 0 radical (unpaired) electrons. The van der Waals surface area contributed by atoms with Gasteiger partial charge in [0.1, 0.15) is 5.75 Å². The molecule has 1 amide bonds. The van der Waals surface area contributed by atoms with Crippen LogP contribution in [0.25, 0.3) is 10.9 Å². The number of ether oxygens (including phenoxy) is 1. The van der Waals surface area contributed by atoms with Crippen LogP contribution in [0.4, 0.5) is 0 Å². The highest BCUT2D eigenvalue weighted by atomic mass is 16.5. The van der Waals surface area contributed by atoms with Gasteiger partial charge in [0.15, 0.2) is 0 Å². The first-order chi connectivity index (χ1) is 14.7. The second-order valence-electron chi connectivity index (χ2n) is 9.06. The van der Waals surface area contributed by atoms with E-state index in [1.165, 1.54) is 42.2 Å². The van der Waals surface area contributed by atoms with Crippen LogP contribution < -0.4 is 10.1 Å². The molecule has 2 aromatic carbocycles. The van der Waals surface area contributed by atoms with Crippen molar-refractivity contribution < 1.29 is 9.53 Å². The number of carbonyl (C=O) groups is 1. The maximum atomic E-state index is 12.8. The molecule has 4 atom stereocenters. The summed E-state index contributed by atoms with van der Waals surface area (Å²) in [5, 5.41) is 4.47. The first kappa shape index (κ1) is 19.2. The number of H-pyrrole nitrogens is 1. The summed E-state index contributed by atoms with van der Waals surface area (Å²) in [6.45, 7) is 0.605. The van der Waals surface area contributed by atoms with Gasteiger partial charge in [0.25, 0.3) is 0 Å². The summed E-state index contributed by atoms with van der Waals surface area (Å²) < 4.78 is 5.33.